The van der Waals surface area contributed by atoms with Crippen molar-refractivity contribution in [3.05, 3.63) is 60.2 Å². The largest absolute Gasteiger partial charge is 0.381 e. The molecule has 0 bridgehead atoms. The quantitative estimate of drug-likeness (QED) is 0.651. The molecule has 0 heterocycles. The minimum atomic E-state index is 0.811. The van der Waals surface area contributed by atoms with Crippen molar-refractivity contribution >= 4 is 17.4 Å². The Balaban J connectivity index is 1.94. The molecular weight excluding hydrogens is 228 g/mol. The minimum absolute atomic E-state index is 0.811. The lowest BCUT2D eigenvalue weighted by Gasteiger charge is -2.06. The molecule has 2 nitrogen and oxygen atoms in total. The number of nitriles is 1. The number of benzene rings is 2. The Morgan fingerprint density at radius 1 is 1.00 bits per heavy atom. The van der Waals surface area contributed by atoms with Gasteiger partial charge in [0.2, 0.25) is 0 Å². The summed E-state index contributed by atoms with van der Waals surface area (Å²) in [5.74, 6) is 0. The van der Waals surface area contributed by atoms with E-state index in [4.69, 9.17) is 5.26 Å². The highest BCUT2D eigenvalue weighted by atomic mass is 32.2. The first-order valence-electron chi connectivity index (χ1n) is 5.32. The van der Waals surface area contributed by atoms with Gasteiger partial charge in [-0.2, -0.15) is 5.26 Å². The van der Waals surface area contributed by atoms with E-state index in [1.54, 1.807) is 0 Å². The maximum atomic E-state index is 8.54. The molecule has 0 aliphatic heterocycles. The second-order valence-electron chi connectivity index (χ2n) is 3.56. The normalized spacial score (nSPS) is 9.59. The van der Waals surface area contributed by atoms with Crippen molar-refractivity contribution in [3.8, 4) is 5.40 Å². The van der Waals surface area contributed by atoms with Crippen LogP contribution < -0.4 is 5.32 Å². The van der Waals surface area contributed by atoms with Crippen molar-refractivity contribution in [2.24, 2.45) is 0 Å². The lowest BCUT2D eigenvalue weighted by atomic mass is 10.2. The molecule has 0 aliphatic carbocycles. The maximum absolute atomic E-state index is 8.54. The van der Waals surface area contributed by atoms with Crippen LogP contribution in [0.3, 0.4) is 0 Å². The monoisotopic (exact) mass is 240 g/mol. The molecule has 1 N–H and O–H groups in total. The standard InChI is InChI=1S/C14H12N2S/c15-11-17-14-8-6-13(7-9-14)16-10-12-4-2-1-3-5-12/h1-9,16H,10H2. The predicted molar refractivity (Wildman–Crippen MR) is 71.7 cm³/mol. The van der Waals surface area contributed by atoms with Gasteiger partial charge >= 0.3 is 0 Å². The summed E-state index contributed by atoms with van der Waals surface area (Å²) < 4.78 is 0. The molecule has 0 aromatic heterocycles. The van der Waals surface area contributed by atoms with Gasteiger partial charge in [0.05, 0.1) is 0 Å². The number of thiocyanates is 1. The molecule has 3 heteroatoms. The van der Waals surface area contributed by atoms with Crippen LogP contribution in [-0.2, 0) is 6.54 Å². The second-order valence-corrected chi connectivity index (χ2v) is 4.41. The average Bonchev–Trinajstić information content (AvgIpc) is 2.40. The molecule has 0 radical (unpaired) electrons. The minimum Gasteiger partial charge on any atom is -0.381 e. The van der Waals surface area contributed by atoms with E-state index in [0.717, 1.165) is 17.1 Å². The summed E-state index contributed by atoms with van der Waals surface area (Å²) in [5, 5.41) is 13.9. The molecule has 0 fully saturated rings. The van der Waals surface area contributed by atoms with Gasteiger partial charge in [0.15, 0.2) is 0 Å². The van der Waals surface area contributed by atoms with Gasteiger partial charge in [-0.15, -0.1) is 0 Å². The molecule has 0 spiro atoms. The highest BCUT2D eigenvalue weighted by Crippen LogP contribution is 2.19. The fourth-order valence-corrected chi connectivity index (χ4v) is 1.87. The summed E-state index contributed by atoms with van der Waals surface area (Å²) in [5.41, 5.74) is 2.32. The molecule has 2 aromatic rings. The zero-order valence-electron chi connectivity index (χ0n) is 9.26. The van der Waals surface area contributed by atoms with E-state index in [-0.39, 0.29) is 0 Å². The van der Waals surface area contributed by atoms with Gasteiger partial charge < -0.3 is 5.32 Å². The van der Waals surface area contributed by atoms with Gasteiger partial charge in [0, 0.05) is 17.1 Å². The third kappa shape index (κ3) is 3.54. The highest BCUT2D eigenvalue weighted by Gasteiger charge is 1.95. The smallest absolute Gasteiger partial charge is 0.138 e. The van der Waals surface area contributed by atoms with Gasteiger partial charge in [-0.05, 0) is 41.6 Å². The Kier molecular flexibility index (Phi) is 4.06. The van der Waals surface area contributed by atoms with Crippen molar-refractivity contribution in [2.75, 3.05) is 5.32 Å². The Bertz CT molecular complexity index is 500. The van der Waals surface area contributed by atoms with Crippen LogP contribution >= 0.6 is 11.8 Å². The summed E-state index contributed by atoms with van der Waals surface area (Å²) in [4.78, 5) is 0.970. The third-order valence-electron chi connectivity index (χ3n) is 2.36. The summed E-state index contributed by atoms with van der Waals surface area (Å²) in [6, 6.07) is 18.1. The summed E-state index contributed by atoms with van der Waals surface area (Å²) in [7, 11) is 0. The van der Waals surface area contributed by atoms with E-state index in [1.165, 1.54) is 17.3 Å². The first-order valence-corrected chi connectivity index (χ1v) is 6.14. The van der Waals surface area contributed by atoms with Gasteiger partial charge in [-0.1, -0.05) is 30.3 Å². The van der Waals surface area contributed by atoms with Crippen LogP contribution in [0.25, 0.3) is 0 Å². The Hall–Kier alpha value is -1.92. The number of nitrogens with zero attached hydrogens (tertiary/aromatic N) is 1. The topological polar surface area (TPSA) is 35.8 Å². The zero-order chi connectivity index (χ0) is 11.9. The zero-order valence-corrected chi connectivity index (χ0v) is 10.1. The highest BCUT2D eigenvalue weighted by molar-refractivity contribution is 8.03. The second kappa shape index (κ2) is 5.97. The van der Waals surface area contributed by atoms with Crippen LogP contribution in [0.1, 0.15) is 5.56 Å². The van der Waals surface area contributed by atoms with Crippen molar-refractivity contribution in [3.63, 3.8) is 0 Å². The average molecular weight is 240 g/mol. The van der Waals surface area contributed by atoms with Gasteiger partial charge in [0.25, 0.3) is 0 Å². The summed E-state index contributed by atoms with van der Waals surface area (Å²) in [6.07, 6.45) is 0. The molecule has 0 aliphatic rings. The van der Waals surface area contributed by atoms with Crippen LogP contribution in [0.5, 0.6) is 0 Å². The Labute approximate surface area is 105 Å². The first kappa shape index (κ1) is 11.6. The predicted octanol–water partition coefficient (Wildman–Crippen LogP) is 3.87. The molecule has 0 amide bonds. The molecule has 17 heavy (non-hydrogen) atoms. The van der Waals surface area contributed by atoms with Crippen LogP contribution in [0, 0.1) is 10.7 Å². The van der Waals surface area contributed by atoms with E-state index >= 15 is 0 Å². The molecule has 2 rings (SSSR count). The SMILES string of the molecule is N#CSc1ccc(NCc2ccccc2)cc1. The number of rotatable bonds is 4. The molecular formula is C14H12N2S. The maximum Gasteiger partial charge on any atom is 0.138 e. The molecule has 0 saturated carbocycles. The fraction of sp³-hybridized carbons (Fsp3) is 0.0714. The number of thioether (sulfide) groups is 1. The molecule has 0 saturated heterocycles. The van der Waals surface area contributed by atoms with Crippen molar-refractivity contribution < 1.29 is 0 Å². The molecule has 84 valence electrons. The lowest BCUT2D eigenvalue weighted by molar-refractivity contribution is 1.15. The molecule has 0 atom stereocenters. The summed E-state index contributed by atoms with van der Waals surface area (Å²) >= 11 is 1.18. The van der Waals surface area contributed by atoms with Crippen molar-refractivity contribution in [2.45, 2.75) is 11.4 Å². The van der Waals surface area contributed by atoms with Crippen LogP contribution in [0.15, 0.2) is 59.5 Å². The van der Waals surface area contributed by atoms with Crippen LogP contribution in [-0.4, -0.2) is 0 Å². The van der Waals surface area contributed by atoms with E-state index in [9.17, 15) is 0 Å². The molecule has 0 unspecified atom stereocenters. The van der Waals surface area contributed by atoms with Crippen molar-refractivity contribution in [1.82, 2.24) is 0 Å². The fourth-order valence-electron chi connectivity index (χ4n) is 1.49. The number of hydrogen-bond donors (Lipinski definition) is 1. The number of anilines is 1. The van der Waals surface area contributed by atoms with Crippen LogP contribution in [0.2, 0.25) is 0 Å². The van der Waals surface area contributed by atoms with E-state index in [1.807, 2.05) is 42.5 Å². The Morgan fingerprint density at radius 2 is 1.71 bits per heavy atom. The van der Waals surface area contributed by atoms with Gasteiger partial charge in [0.1, 0.15) is 5.40 Å². The van der Waals surface area contributed by atoms with E-state index in [0.29, 0.717) is 0 Å². The lowest BCUT2D eigenvalue weighted by Crippen LogP contribution is -1.98. The van der Waals surface area contributed by atoms with Gasteiger partial charge in [-0.25, -0.2) is 0 Å². The van der Waals surface area contributed by atoms with Gasteiger partial charge in [-0.3, -0.25) is 0 Å². The van der Waals surface area contributed by atoms with E-state index < -0.39 is 0 Å². The Morgan fingerprint density at radius 3 is 2.35 bits per heavy atom. The summed E-state index contributed by atoms with van der Waals surface area (Å²) in [6.45, 7) is 0.811. The van der Waals surface area contributed by atoms with E-state index in [2.05, 4.69) is 22.9 Å². The number of hydrogen-bond acceptors (Lipinski definition) is 3. The third-order valence-corrected chi connectivity index (χ3v) is 2.96. The van der Waals surface area contributed by atoms with Crippen LogP contribution in [0.4, 0.5) is 5.69 Å². The van der Waals surface area contributed by atoms with Crippen molar-refractivity contribution in [1.29, 1.82) is 5.26 Å². The number of nitrogens with one attached hydrogen (secondary N) is 1. The molecule has 2 aromatic carbocycles. The first-order chi connectivity index (χ1) is 8.38.